The lowest BCUT2D eigenvalue weighted by molar-refractivity contribution is -0.114. The van der Waals surface area contributed by atoms with Crippen molar-refractivity contribution in [2.45, 2.75) is 84.2 Å². The molecule has 0 aliphatic heterocycles. The van der Waals surface area contributed by atoms with Crippen LogP contribution in [0.4, 0.5) is 4.79 Å². The topological polar surface area (TPSA) is 59.6 Å². The highest BCUT2D eigenvalue weighted by Crippen LogP contribution is 2.44. The van der Waals surface area contributed by atoms with Gasteiger partial charge in [-0.25, -0.2) is 4.79 Å². The molecular weight excluding hydrogens is 268 g/mol. The van der Waals surface area contributed by atoms with E-state index in [9.17, 15) is 4.79 Å². The molecule has 2 rings (SSSR count). The van der Waals surface area contributed by atoms with E-state index in [1.165, 1.54) is 0 Å². The molecule has 4 atom stereocenters. The van der Waals surface area contributed by atoms with Crippen LogP contribution >= 0.6 is 0 Å². The number of ether oxygens (including phenoxy) is 2. The number of rotatable bonds is 5. The normalized spacial score (nSPS) is 34.0. The molecular formula is C16H30N2O3. The Labute approximate surface area is 128 Å². The Balaban J connectivity index is 1.70. The molecule has 122 valence electrons. The highest BCUT2D eigenvalue weighted by molar-refractivity contribution is 5.68. The third-order valence-electron chi connectivity index (χ3n) is 4.45. The standard InChI is InChI=1S/C16H30N2O3/c1-7-20-13-9-12(16(13,5)6)17-10-8-11(10)18-14(19)21-15(2,3)4/h10-13,17H,7-9H2,1-6H3,(H,18,19). The van der Waals surface area contributed by atoms with Gasteiger partial charge < -0.3 is 20.1 Å². The van der Waals surface area contributed by atoms with Gasteiger partial charge in [0.25, 0.3) is 0 Å². The van der Waals surface area contributed by atoms with Crippen LogP contribution in [0.3, 0.4) is 0 Å². The van der Waals surface area contributed by atoms with Gasteiger partial charge in [-0.15, -0.1) is 0 Å². The second kappa shape index (κ2) is 5.76. The molecule has 0 heterocycles. The smallest absolute Gasteiger partial charge is 0.407 e. The minimum absolute atomic E-state index is 0.162. The van der Waals surface area contributed by atoms with E-state index in [0.717, 1.165) is 19.4 Å². The molecule has 4 unspecified atom stereocenters. The summed E-state index contributed by atoms with van der Waals surface area (Å²) in [4.78, 5) is 11.7. The number of carbonyl (C=O) groups excluding carboxylic acids is 1. The van der Waals surface area contributed by atoms with Crippen molar-refractivity contribution in [1.29, 1.82) is 0 Å². The Morgan fingerprint density at radius 3 is 2.43 bits per heavy atom. The Morgan fingerprint density at radius 2 is 1.90 bits per heavy atom. The Hall–Kier alpha value is -0.810. The fraction of sp³-hybridized carbons (Fsp3) is 0.938. The Morgan fingerprint density at radius 1 is 1.24 bits per heavy atom. The van der Waals surface area contributed by atoms with Gasteiger partial charge in [0.1, 0.15) is 5.60 Å². The molecule has 0 aromatic heterocycles. The van der Waals surface area contributed by atoms with Crippen molar-refractivity contribution in [3.05, 3.63) is 0 Å². The highest BCUT2D eigenvalue weighted by Gasteiger charge is 2.52. The van der Waals surface area contributed by atoms with E-state index >= 15 is 0 Å². The van der Waals surface area contributed by atoms with Crippen LogP contribution in [0.2, 0.25) is 0 Å². The molecule has 5 heteroatoms. The zero-order valence-corrected chi connectivity index (χ0v) is 14.2. The van der Waals surface area contributed by atoms with E-state index in [-0.39, 0.29) is 17.6 Å². The van der Waals surface area contributed by atoms with Crippen molar-refractivity contribution in [2.75, 3.05) is 6.61 Å². The zero-order chi connectivity index (χ0) is 15.8. The van der Waals surface area contributed by atoms with Gasteiger partial charge in [0, 0.05) is 30.1 Å². The van der Waals surface area contributed by atoms with Gasteiger partial charge >= 0.3 is 6.09 Å². The maximum atomic E-state index is 11.7. The molecule has 2 N–H and O–H groups in total. The first kappa shape index (κ1) is 16.6. The molecule has 2 saturated carbocycles. The number of carbonyl (C=O) groups is 1. The number of hydrogen-bond acceptors (Lipinski definition) is 4. The van der Waals surface area contributed by atoms with Gasteiger partial charge in [-0.2, -0.15) is 0 Å². The van der Waals surface area contributed by atoms with Crippen LogP contribution in [0.15, 0.2) is 0 Å². The third kappa shape index (κ3) is 4.10. The second-order valence-electron chi connectivity index (χ2n) is 7.82. The summed E-state index contributed by atoms with van der Waals surface area (Å²) in [6, 6.07) is 1.02. The van der Waals surface area contributed by atoms with Crippen molar-refractivity contribution in [3.8, 4) is 0 Å². The molecule has 2 aliphatic carbocycles. The minimum atomic E-state index is -0.442. The summed E-state index contributed by atoms with van der Waals surface area (Å²) in [7, 11) is 0. The Kier molecular flexibility index (Phi) is 4.54. The first-order valence-corrected chi connectivity index (χ1v) is 8.00. The van der Waals surface area contributed by atoms with E-state index in [1.807, 2.05) is 27.7 Å². The zero-order valence-electron chi connectivity index (χ0n) is 14.2. The SMILES string of the molecule is CCOC1CC(NC2CC2NC(=O)OC(C)(C)C)C1(C)C. The van der Waals surface area contributed by atoms with E-state index in [1.54, 1.807) is 0 Å². The molecule has 0 aromatic carbocycles. The van der Waals surface area contributed by atoms with Gasteiger partial charge in [-0.05, 0) is 40.5 Å². The number of nitrogens with one attached hydrogen (secondary N) is 2. The predicted molar refractivity (Wildman–Crippen MR) is 82.3 cm³/mol. The minimum Gasteiger partial charge on any atom is -0.444 e. The second-order valence-corrected chi connectivity index (χ2v) is 7.82. The summed E-state index contributed by atoms with van der Waals surface area (Å²) in [5.41, 5.74) is -0.280. The first-order valence-electron chi connectivity index (χ1n) is 8.00. The molecule has 0 spiro atoms. The van der Waals surface area contributed by atoms with Gasteiger partial charge in [0.05, 0.1) is 6.10 Å². The molecule has 2 aliphatic rings. The largest absolute Gasteiger partial charge is 0.444 e. The lowest BCUT2D eigenvalue weighted by Crippen LogP contribution is -2.61. The van der Waals surface area contributed by atoms with E-state index in [0.29, 0.717) is 18.2 Å². The lowest BCUT2D eigenvalue weighted by atomic mass is 9.64. The van der Waals surface area contributed by atoms with Crippen molar-refractivity contribution >= 4 is 6.09 Å². The maximum Gasteiger partial charge on any atom is 0.407 e. The number of amides is 1. The summed E-state index contributed by atoms with van der Waals surface area (Å²) >= 11 is 0. The van der Waals surface area contributed by atoms with Gasteiger partial charge in [-0.3, -0.25) is 0 Å². The summed E-state index contributed by atoms with van der Waals surface area (Å²) in [6.07, 6.45) is 2.05. The average molecular weight is 298 g/mol. The summed E-state index contributed by atoms with van der Waals surface area (Å²) in [5.74, 6) is 0. The van der Waals surface area contributed by atoms with Crippen LogP contribution in [0.25, 0.3) is 0 Å². The van der Waals surface area contributed by atoms with E-state index < -0.39 is 5.60 Å². The molecule has 21 heavy (non-hydrogen) atoms. The van der Waals surface area contributed by atoms with Crippen LogP contribution in [-0.2, 0) is 9.47 Å². The van der Waals surface area contributed by atoms with Gasteiger partial charge in [0.15, 0.2) is 0 Å². The molecule has 2 fully saturated rings. The quantitative estimate of drug-likeness (QED) is 0.818. The van der Waals surface area contributed by atoms with E-state index in [2.05, 4.69) is 24.5 Å². The highest BCUT2D eigenvalue weighted by atomic mass is 16.6. The van der Waals surface area contributed by atoms with Crippen LogP contribution < -0.4 is 10.6 Å². The van der Waals surface area contributed by atoms with Crippen LogP contribution in [0, 0.1) is 5.41 Å². The maximum absolute atomic E-state index is 11.7. The lowest BCUT2D eigenvalue weighted by Gasteiger charge is -2.52. The summed E-state index contributed by atoms with van der Waals surface area (Å²) < 4.78 is 11.0. The van der Waals surface area contributed by atoms with E-state index in [4.69, 9.17) is 9.47 Å². The summed E-state index contributed by atoms with van der Waals surface area (Å²) in [6.45, 7) is 12.9. The fourth-order valence-electron chi connectivity index (χ4n) is 2.91. The molecule has 0 bridgehead atoms. The molecule has 0 aromatic rings. The van der Waals surface area contributed by atoms with Gasteiger partial charge in [-0.1, -0.05) is 13.8 Å². The first-order chi connectivity index (χ1) is 9.63. The average Bonchev–Trinajstić information content (AvgIpc) is 3.03. The van der Waals surface area contributed by atoms with Crippen LogP contribution in [0.5, 0.6) is 0 Å². The molecule has 5 nitrogen and oxygen atoms in total. The third-order valence-corrected chi connectivity index (χ3v) is 4.45. The van der Waals surface area contributed by atoms with Crippen molar-refractivity contribution < 1.29 is 14.3 Å². The van der Waals surface area contributed by atoms with Crippen molar-refractivity contribution in [2.24, 2.45) is 5.41 Å². The molecule has 1 amide bonds. The van der Waals surface area contributed by atoms with Crippen molar-refractivity contribution in [3.63, 3.8) is 0 Å². The fourth-order valence-corrected chi connectivity index (χ4v) is 2.91. The molecule has 0 saturated heterocycles. The number of hydrogen-bond donors (Lipinski definition) is 2. The Bertz CT molecular complexity index is 389. The van der Waals surface area contributed by atoms with Crippen LogP contribution in [0.1, 0.15) is 54.4 Å². The predicted octanol–water partition coefficient (Wildman–Crippen LogP) is 2.45. The van der Waals surface area contributed by atoms with Crippen molar-refractivity contribution in [1.82, 2.24) is 10.6 Å². The van der Waals surface area contributed by atoms with Crippen LogP contribution in [-0.4, -0.2) is 42.5 Å². The van der Waals surface area contributed by atoms with Gasteiger partial charge in [0.2, 0.25) is 0 Å². The summed E-state index contributed by atoms with van der Waals surface area (Å²) in [5, 5.41) is 6.56. The number of alkyl carbamates (subject to hydrolysis) is 1. The molecule has 0 radical (unpaired) electrons. The monoisotopic (exact) mass is 298 g/mol.